The minimum absolute atomic E-state index is 0.218. The molecule has 0 N–H and O–H groups in total. The van der Waals surface area contributed by atoms with Gasteiger partial charge in [-0.25, -0.2) is 0 Å². The number of halogens is 1. The van der Waals surface area contributed by atoms with Gasteiger partial charge in [0, 0.05) is 0 Å². The molecule has 259 valence electrons. The van der Waals surface area contributed by atoms with Crippen LogP contribution in [0.25, 0.3) is 5.57 Å². The van der Waals surface area contributed by atoms with Crippen LogP contribution in [-0.2, 0) is 15.7 Å². The molecule has 2 bridgehead atoms. The Bertz CT molecular complexity index is 1120. The molecule has 2 aromatic rings. The van der Waals surface area contributed by atoms with Crippen LogP contribution >= 0.6 is 26.9 Å². The molecule has 0 aromatic heterocycles. The summed E-state index contributed by atoms with van der Waals surface area (Å²) in [5.41, 5.74) is 7.53. The van der Waals surface area contributed by atoms with Gasteiger partial charge in [0.1, 0.15) is 0 Å². The van der Waals surface area contributed by atoms with Crippen molar-refractivity contribution >= 4 is 36.5 Å². The summed E-state index contributed by atoms with van der Waals surface area (Å²) in [5, 5.41) is 0. The summed E-state index contributed by atoms with van der Waals surface area (Å²) in [4.78, 5) is 0. The van der Waals surface area contributed by atoms with E-state index in [0.717, 1.165) is 18.3 Å². The molecule has 2 aliphatic heterocycles. The zero-order valence-corrected chi connectivity index (χ0v) is 34.3. The molecule has 1 unspecified atom stereocenters. The molecule has 2 heterocycles. The Labute approximate surface area is 300 Å². The number of fused-ring (bicyclic) bond motifs is 4. The second-order valence-corrected chi connectivity index (χ2v) is 20.2. The number of allylic oxidation sites excluding steroid dienone is 1. The maximum atomic E-state index is 6.10. The summed E-state index contributed by atoms with van der Waals surface area (Å²) in [5.74, 6) is 4.04. The molecule has 46 heavy (non-hydrogen) atoms. The van der Waals surface area contributed by atoms with E-state index in [2.05, 4.69) is 96.1 Å². The van der Waals surface area contributed by atoms with Crippen molar-refractivity contribution in [1.29, 1.82) is 0 Å². The van der Waals surface area contributed by atoms with Crippen LogP contribution in [0.1, 0.15) is 135 Å². The van der Waals surface area contributed by atoms with Crippen LogP contribution in [0.5, 0.6) is 0 Å². The third-order valence-corrected chi connectivity index (χ3v) is 15.5. The summed E-state index contributed by atoms with van der Waals surface area (Å²) >= 11 is -0.218. The first kappa shape index (κ1) is 40.3. The second-order valence-electron chi connectivity index (χ2n) is 14.6. The molecular weight excluding hydrogens is 703 g/mol. The molecule has 2 aromatic carbocycles. The third-order valence-electron chi connectivity index (χ3n) is 9.92. The molecule has 4 fully saturated rings. The van der Waals surface area contributed by atoms with Crippen molar-refractivity contribution in [2.45, 2.75) is 129 Å². The van der Waals surface area contributed by atoms with Crippen LogP contribution in [0, 0.1) is 30.6 Å². The number of hydrogen-bond donors (Lipinski definition) is 0. The van der Waals surface area contributed by atoms with Crippen LogP contribution in [-0.4, -0.2) is 27.7 Å². The van der Waals surface area contributed by atoms with E-state index in [1.54, 1.807) is 64.2 Å². The summed E-state index contributed by atoms with van der Waals surface area (Å²) in [6.07, 6.45) is 24.8. The van der Waals surface area contributed by atoms with E-state index < -0.39 is 0 Å². The fraction of sp³-hybridized carbons (Fsp3) is 0.619. The first-order chi connectivity index (χ1) is 22.4. The van der Waals surface area contributed by atoms with E-state index in [1.807, 2.05) is 6.07 Å². The molecule has 4 heteroatoms. The molecule has 2 saturated carbocycles. The monoisotopic (exact) mass is 768 g/mol. The van der Waals surface area contributed by atoms with Gasteiger partial charge in [-0.1, -0.05) is 91.9 Å². The Hall–Kier alpha value is -0.177. The van der Waals surface area contributed by atoms with E-state index in [1.165, 1.54) is 91.9 Å². The number of rotatable bonds is 5. The normalized spacial score (nSPS) is 25.6. The average molecular weight is 768 g/mol. The van der Waals surface area contributed by atoms with Crippen LogP contribution in [0.2, 0.25) is 0 Å². The second kappa shape index (κ2) is 23.3. The summed E-state index contributed by atoms with van der Waals surface area (Å²) < 4.78 is 1.30. The third kappa shape index (κ3) is 14.4. The standard InChI is InChI=1S/C15H10.C8H15P.C8H14.C6H15P.C5H11.ClH.Ru/c1-2-6-12(7-3-1)15-11-10-13-8-4-5-9-14(13)15;1-3-7-5-2-6-8(4-1)9-7;1-3-7-5-2-6-8(7)4-1;1-4-7-5-6(2)3;1-4-5(2)3;;/h1-9,11H;7-9H,1-6H2;7-8H,1-6H2;6-7H,4-5H2,1-3H3;5H,1,4H2,2-3H3;1H;/q;;;;-1;;+1/p-1. The van der Waals surface area contributed by atoms with Gasteiger partial charge in [0.15, 0.2) is 0 Å². The average Bonchev–Trinajstić information content (AvgIpc) is 3.82. The molecule has 0 nitrogen and oxygen atoms in total. The van der Waals surface area contributed by atoms with Gasteiger partial charge < -0.3 is 6.92 Å². The van der Waals surface area contributed by atoms with Crippen molar-refractivity contribution in [1.82, 2.24) is 0 Å². The fourth-order valence-electron chi connectivity index (χ4n) is 7.24. The van der Waals surface area contributed by atoms with E-state index in [9.17, 15) is 0 Å². The summed E-state index contributed by atoms with van der Waals surface area (Å²) in [7, 11) is 8.65. The van der Waals surface area contributed by atoms with Gasteiger partial charge >= 0.3 is 112 Å². The summed E-state index contributed by atoms with van der Waals surface area (Å²) in [6.45, 7) is 14.8. The summed E-state index contributed by atoms with van der Waals surface area (Å²) in [6, 6.07) is 19.0. The van der Waals surface area contributed by atoms with E-state index in [0.29, 0.717) is 0 Å². The molecular formula is C42H65ClP2Ru-. The molecule has 0 amide bonds. The molecule has 0 spiro atoms. The van der Waals surface area contributed by atoms with Crippen molar-refractivity contribution in [3.8, 4) is 0 Å². The Kier molecular flexibility index (Phi) is 20.4. The van der Waals surface area contributed by atoms with E-state index in [-0.39, 0.29) is 15.7 Å². The Morgan fingerprint density at radius 3 is 1.63 bits per heavy atom. The quantitative estimate of drug-likeness (QED) is 0.161. The van der Waals surface area contributed by atoms with Gasteiger partial charge in [-0.2, -0.15) is 6.42 Å². The molecule has 7 rings (SSSR count). The SMILES string of the molecule is C1CC2CCCC(C1)P2.C1CC2CCCC2C1.CCPCC(C)C.[CH2-]CC(C)C.[Cl][Ru]=[C]1C=C(c2ccccc2)c2ccccc21. The van der Waals surface area contributed by atoms with Gasteiger partial charge in [-0.3, -0.25) is 0 Å². The molecule has 2 saturated heterocycles. The van der Waals surface area contributed by atoms with Crippen molar-refractivity contribution in [2.75, 3.05) is 12.3 Å². The van der Waals surface area contributed by atoms with Crippen LogP contribution in [0.15, 0.2) is 60.7 Å². The Balaban J connectivity index is 0.000000170. The first-order valence-electron chi connectivity index (χ1n) is 18.6. The molecule has 0 radical (unpaired) electrons. The topological polar surface area (TPSA) is 0 Å². The minimum atomic E-state index is -0.218. The predicted octanol–water partition coefficient (Wildman–Crippen LogP) is 13.5. The van der Waals surface area contributed by atoms with Crippen molar-refractivity contribution in [2.24, 2.45) is 23.7 Å². The van der Waals surface area contributed by atoms with Gasteiger partial charge in [0.2, 0.25) is 0 Å². The fourth-order valence-corrected chi connectivity index (χ4v) is 11.8. The van der Waals surface area contributed by atoms with E-state index in [4.69, 9.17) is 9.69 Å². The van der Waals surface area contributed by atoms with Crippen LogP contribution in [0.4, 0.5) is 0 Å². The van der Waals surface area contributed by atoms with Crippen LogP contribution in [0.3, 0.4) is 0 Å². The van der Waals surface area contributed by atoms with Crippen molar-refractivity contribution < 1.29 is 15.7 Å². The van der Waals surface area contributed by atoms with Gasteiger partial charge in [-0.05, 0) is 67.1 Å². The zero-order valence-electron chi connectivity index (χ0n) is 29.8. The van der Waals surface area contributed by atoms with Gasteiger partial charge in [0.25, 0.3) is 0 Å². The predicted molar refractivity (Wildman–Crippen MR) is 212 cm³/mol. The van der Waals surface area contributed by atoms with E-state index >= 15 is 0 Å². The number of benzene rings is 2. The van der Waals surface area contributed by atoms with Crippen molar-refractivity contribution in [3.63, 3.8) is 0 Å². The van der Waals surface area contributed by atoms with Crippen molar-refractivity contribution in [3.05, 3.63) is 84.3 Å². The Morgan fingerprint density at radius 1 is 0.739 bits per heavy atom. The van der Waals surface area contributed by atoms with Gasteiger partial charge in [-0.15, -0.1) is 17.2 Å². The Morgan fingerprint density at radius 2 is 1.22 bits per heavy atom. The molecule has 1 atom stereocenters. The van der Waals surface area contributed by atoms with Gasteiger partial charge in [0.05, 0.1) is 0 Å². The number of hydrogen-bond acceptors (Lipinski definition) is 0. The molecule has 5 aliphatic rings. The first-order valence-corrected chi connectivity index (χ1v) is 24.3. The van der Waals surface area contributed by atoms with Crippen LogP contribution < -0.4 is 0 Å². The zero-order chi connectivity index (χ0) is 33.1. The molecule has 3 aliphatic carbocycles. The maximum absolute atomic E-state index is 6.10.